The summed E-state index contributed by atoms with van der Waals surface area (Å²) >= 11 is 0. The standard InChI is InChI=1S/C15H23N3O3/c1-14(2)9-17(10-15(3,4)21-14)8-11-7-12(18(19)20)5-6-13(11)16/h5-7H,8-10,16H2,1-4H3. The maximum Gasteiger partial charge on any atom is 0.269 e. The Morgan fingerprint density at radius 1 is 1.29 bits per heavy atom. The van der Waals surface area contributed by atoms with Crippen LogP contribution in [0.3, 0.4) is 0 Å². The molecule has 0 aromatic heterocycles. The molecule has 1 aromatic rings. The highest BCUT2D eigenvalue weighted by Gasteiger charge is 2.38. The normalized spacial score (nSPS) is 21.1. The van der Waals surface area contributed by atoms with Gasteiger partial charge in [0.2, 0.25) is 0 Å². The van der Waals surface area contributed by atoms with Crippen molar-refractivity contribution in [3.63, 3.8) is 0 Å². The predicted molar refractivity (Wildman–Crippen MR) is 82.0 cm³/mol. The van der Waals surface area contributed by atoms with Gasteiger partial charge >= 0.3 is 0 Å². The SMILES string of the molecule is CC1(C)CN(Cc2cc([N+](=O)[O-])ccc2N)CC(C)(C)O1. The summed E-state index contributed by atoms with van der Waals surface area (Å²) < 4.78 is 6.04. The molecule has 1 fully saturated rings. The Labute approximate surface area is 125 Å². The molecule has 0 atom stereocenters. The number of hydrogen-bond donors (Lipinski definition) is 1. The topological polar surface area (TPSA) is 81.6 Å². The molecular weight excluding hydrogens is 270 g/mol. The number of rotatable bonds is 3. The van der Waals surface area contributed by atoms with Crippen molar-refractivity contribution in [2.45, 2.75) is 45.4 Å². The summed E-state index contributed by atoms with van der Waals surface area (Å²) in [6, 6.07) is 4.60. The van der Waals surface area contributed by atoms with Gasteiger partial charge in [-0.3, -0.25) is 15.0 Å². The van der Waals surface area contributed by atoms with Crippen LogP contribution in [0.25, 0.3) is 0 Å². The first-order chi connectivity index (χ1) is 9.58. The maximum absolute atomic E-state index is 10.9. The molecular formula is C15H23N3O3. The first-order valence-electron chi connectivity index (χ1n) is 7.03. The Balaban J connectivity index is 2.21. The molecule has 0 aliphatic carbocycles. The summed E-state index contributed by atoms with van der Waals surface area (Å²) in [6.07, 6.45) is 0. The van der Waals surface area contributed by atoms with E-state index in [1.165, 1.54) is 6.07 Å². The molecule has 0 bridgehead atoms. The van der Waals surface area contributed by atoms with E-state index in [-0.39, 0.29) is 16.9 Å². The van der Waals surface area contributed by atoms with Crippen molar-refractivity contribution < 1.29 is 9.66 Å². The van der Waals surface area contributed by atoms with Gasteiger partial charge in [-0.15, -0.1) is 0 Å². The van der Waals surface area contributed by atoms with Crippen LogP contribution in [0.1, 0.15) is 33.3 Å². The molecule has 2 rings (SSSR count). The highest BCUT2D eigenvalue weighted by atomic mass is 16.6. The van der Waals surface area contributed by atoms with Gasteiger partial charge in [-0.2, -0.15) is 0 Å². The van der Waals surface area contributed by atoms with E-state index < -0.39 is 4.92 Å². The lowest BCUT2D eigenvalue weighted by Crippen LogP contribution is -2.56. The fourth-order valence-corrected chi connectivity index (χ4v) is 3.14. The van der Waals surface area contributed by atoms with Gasteiger partial charge in [-0.1, -0.05) is 0 Å². The summed E-state index contributed by atoms with van der Waals surface area (Å²) in [5.74, 6) is 0. The Kier molecular flexibility index (Phi) is 3.95. The van der Waals surface area contributed by atoms with Crippen molar-refractivity contribution in [1.29, 1.82) is 0 Å². The average molecular weight is 293 g/mol. The van der Waals surface area contributed by atoms with E-state index in [2.05, 4.69) is 32.6 Å². The average Bonchev–Trinajstić information content (AvgIpc) is 2.27. The number of nitrogens with two attached hydrogens (primary N) is 1. The molecule has 0 unspecified atom stereocenters. The van der Waals surface area contributed by atoms with Crippen LogP contribution in [0.15, 0.2) is 18.2 Å². The number of nitrogens with zero attached hydrogens (tertiary/aromatic N) is 2. The minimum Gasteiger partial charge on any atom is -0.398 e. The molecule has 0 spiro atoms. The molecule has 0 amide bonds. The van der Waals surface area contributed by atoms with Gasteiger partial charge in [0.15, 0.2) is 0 Å². The van der Waals surface area contributed by atoms with Crippen molar-refractivity contribution in [3.05, 3.63) is 33.9 Å². The zero-order valence-corrected chi connectivity index (χ0v) is 13.0. The van der Waals surface area contributed by atoms with Crippen molar-refractivity contribution in [2.24, 2.45) is 0 Å². The van der Waals surface area contributed by atoms with Crippen LogP contribution < -0.4 is 5.73 Å². The lowest BCUT2D eigenvalue weighted by molar-refractivity contribution is -0.384. The second kappa shape index (κ2) is 5.27. The number of nitro groups is 1. The number of ether oxygens (including phenoxy) is 1. The van der Waals surface area contributed by atoms with Crippen LogP contribution in [0.5, 0.6) is 0 Å². The highest BCUT2D eigenvalue weighted by molar-refractivity contribution is 5.52. The molecule has 1 aromatic carbocycles. The maximum atomic E-state index is 10.9. The zero-order chi connectivity index (χ0) is 15.8. The van der Waals surface area contributed by atoms with Gasteiger partial charge in [-0.25, -0.2) is 0 Å². The Morgan fingerprint density at radius 3 is 2.38 bits per heavy atom. The minimum atomic E-state index is -0.393. The van der Waals surface area contributed by atoms with Crippen LogP contribution >= 0.6 is 0 Å². The van der Waals surface area contributed by atoms with E-state index in [9.17, 15) is 10.1 Å². The molecule has 0 radical (unpaired) electrons. The predicted octanol–water partition coefficient (Wildman–Crippen LogP) is 2.57. The molecule has 116 valence electrons. The number of nitro benzene ring substituents is 1. The van der Waals surface area contributed by atoms with E-state index in [1.807, 2.05) is 0 Å². The van der Waals surface area contributed by atoms with Crippen LogP contribution in [0, 0.1) is 10.1 Å². The van der Waals surface area contributed by atoms with Gasteiger partial charge in [0.25, 0.3) is 5.69 Å². The number of nitrogen functional groups attached to an aromatic ring is 1. The molecule has 0 saturated carbocycles. The second-order valence-corrected chi connectivity index (χ2v) is 6.91. The van der Waals surface area contributed by atoms with E-state index in [4.69, 9.17) is 10.5 Å². The largest absolute Gasteiger partial charge is 0.398 e. The Bertz CT molecular complexity index is 539. The smallest absolute Gasteiger partial charge is 0.269 e. The lowest BCUT2D eigenvalue weighted by Gasteiger charge is -2.47. The summed E-state index contributed by atoms with van der Waals surface area (Å²) in [4.78, 5) is 12.7. The monoisotopic (exact) mass is 293 g/mol. The molecule has 6 heteroatoms. The van der Waals surface area contributed by atoms with E-state index in [0.717, 1.165) is 18.7 Å². The quantitative estimate of drug-likeness (QED) is 0.526. The fraction of sp³-hybridized carbons (Fsp3) is 0.600. The zero-order valence-electron chi connectivity index (χ0n) is 13.0. The summed E-state index contributed by atoms with van der Waals surface area (Å²) in [7, 11) is 0. The molecule has 2 N–H and O–H groups in total. The third-order valence-corrected chi connectivity index (χ3v) is 3.49. The fourth-order valence-electron chi connectivity index (χ4n) is 3.14. The molecule has 1 heterocycles. The van der Waals surface area contributed by atoms with Crippen LogP contribution in [0.2, 0.25) is 0 Å². The first kappa shape index (κ1) is 15.7. The number of benzene rings is 1. The second-order valence-electron chi connectivity index (χ2n) is 6.91. The summed E-state index contributed by atoms with van der Waals surface area (Å²) in [6.45, 7) is 10.3. The first-order valence-corrected chi connectivity index (χ1v) is 7.03. The van der Waals surface area contributed by atoms with Crippen molar-refractivity contribution in [1.82, 2.24) is 4.90 Å². The van der Waals surface area contributed by atoms with Crippen LogP contribution in [-0.2, 0) is 11.3 Å². The van der Waals surface area contributed by atoms with E-state index >= 15 is 0 Å². The van der Waals surface area contributed by atoms with Gasteiger partial charge in [0, 0.05) is 37.5 Å². The van der Waals surface area contributed by atoms with Crippen LogP contribution in [-0.4, -0.2) is 34.1 Å². The Morgan fingerprint density at radius 2 is 1.86 bits per heavy atom. The third kappa shape index (κ3) is 3.92. The lowest BCUT2D eigenvalue weighted by atomic mass is 9.98. The van der Waals surface area contributed by atoms with Gasteiger partial charge in [0.05, 0.1) is 16.1 Å². The van der Waals surface area contributed by atoms with Gasteiger partial charge < -0.3 is 10.5 Å². The van der Waals surface area contributed by atoms with Gasteiger partial charge in [0.1, 0.15) is 0 Å². The number of non-ortho nitro benzene ring substituents is 1. The molecule has 1 saturated heterocycles. The van der Waals surface area contributed by atoms with Crippen LogP contribution in [0.4, 0.5) is 11.4 Å². The highest BCUT2D eigenvalue weighted by Crippen LogP contribution is 2.30. The number of hydrogen-bond acceptors (Lipinski definition) is 5. The molecule has 6 nitrogen and oxygen atoms in total. The van der Waals surface area contributed by atoms with Gasteiger partial charge in [-0.05, 0) is 39.3 Å². The third-order valence-electron chi connectivity index (χ3n) is 3.49. The number of morpholine rings is 1. The van der Waals surface area contributed by atoms with Crippen molar-refractivity contribution >= 4 is 11.4 Å². The minimum absolute atomic E-state index is 0.0750. The Hall–Kier alpha value is -1.66. The van der Waals surface area contributed by atoms with E-state index in [0.29, 0.717) is 12.2 Å². The molecule has 1 aliphatic heterocycles. The van der Waals surface area contributed by atoms with Crippen molar-refractivity contribution in [3.8, 4) is 0 Å². The molecule has 1 aliphatic rings. The summed E-state index contributed by atoms with van der Waals surface area (Å²) in [5.41, 5.74) is 6.91. The van der Waals surface area contributed by atoms with Crippen molar-refractivity contribution in [2.75, 3.05) is 18.8 Å². The number of anilines is 1. The summed E-state index contributed by atoms with van der Waals surface area (Å²) in [5, 5.41) is 10.9. The van der Waals surface area contributed by atoms with E-state index in [1.54, 1.807) is 12.1 Å². The molecule has 21 heavy (non-hydrogen) atoms.